The fourth-order valence-electron chi connectivity index (χ4n) is 5.29. The van der Waals surface area contributed by atoms with Gasteiger partial charge in [0.05, 0.1) is 22.0 Å². The van der Waals surface area contributed by atoms with Gasteiger partial charge in [-0.3, -0.25) is 14.6 Å². The topological polar surface area (TPSA) is 105 Å². The molecule has 11 heteroatoms. The van der Waals surface area contributed by atoms with Crippen molar-refractivity contribution >= 4 is 34.0 Å². The number of carbonyl (C=O) groups excluding carboxylic acids is 2. The van der Waals surface area contributed by atoms with E-state index >= 15 is 4.39 Å². The summed E-state index contributed by atoms with van der Waals surface area (Å²) in [6.07, 6.45) is 7.88. The van der Waals surface area contributed by atoms with Gasteiger partial charge in [-0.1, -0.05) is 18.3 Å². The van der Waals surface area contributed by atoms with E-state index in [4.69, 9.17) is 5.10 Å². The maximum Gasteiger partial charge on any atom is 0.225 e. The molecule has 1 aromatic carbocycles. The van der Waals surface area contributed by atoms with Crippen LogP contribution in [-0.4, -0.2) is 56.1 Å². The summed E-state index contributed by atoms with van der Waals surface area (Å²) in [5.74, 6) is -0.748. The number of thiazole rings is 1. The molecule has 1 fully saturated rings. The molecule has 9 nitrogen and oxygen atoms in total. The van der Waals surface area contributed by atoms with Gasteiger partial charge in [0.15, 0.2) is 10.9 Å². The van der Waals surface area contributed by atoms with E-state index in [9.17, 15) is 9.59 Å². The van der Waals surface area contributed by atoms with Crippen molar-refractivity contribution in [2.24, 2.45) is 0 Å². The third kappa shape index (κ3) is 5.26. The maximum absolute atomic E-state index is 15.7. The van der Waals surface area contributed by atoms with Crippen molar-refractivity contribution in [3.63, 3.8) is 0 Å². The smallest absolute Gasteiger partial charge is 0.225 e. The average Bonchev–Trinajstić information content (AvgIpc) is 3.71. The van der Waals surface area contributed by atoms with E-state index in [1.54, 1.807) is 36.1 Å². The van der Waals surface area contributed by atoms with Gasteiger partial charge in [-0.15, -0.1) is 0 Å². The van der Waals surface area contributed by atoms with Crippen LogP contribution in [0, 0.1) is 5.82 Å². The van der Waals surface area contributed by atoms with E-state index in [2.05, 4.69) is 25.5 Å². The highest BCUT2D eigenvalue weighted by molar-refractivity contribution is 7.19. The highest BCUT2D eigenvalue weighted by Crippen LogP contribution is 2.44. The number of fused-ring (bicyclic) bond motifs is 3. The molecule has 1 aliphatic carbocycles. The molecule has 4 heterocycles. The van der Waals surface area contributed by atoms with Gasteiger partial charge >= 0.3 is 0 Å². The SMILES string of the molecule is CCC(=O)Nc1nc2c(s1)-c1c(c(-c3cccnc3)nn1-c1ccc(NC(=O)CCN3CCCC3)cc1F)CC2. The Labute approximate surface area is 235 Å². The Morgan fingerprint density at radius 2 is 1.95 bits per heavy atom. The van der Waals surface area contributed by atoms with E-state index in [0.717, 1.165) is 46.2 Å². The molecule has 2 aliphatic rings. The number of hydrogen-bond acceptors (Lipinski definition) is 7. The number of aromatic nitrogens is 4. The van der Waals surface area contributed by atoms with Crippen molar-refractivity contribution in [2.45, 2.75) is 45.4 Å². The number of nitrogens with zero attached hydrogens (tertiary/aromatic N) is 5. The number of pyridine rings is 1. The second-order valence-electron chi connectivity index (χ2n) is 10.0. The average molecular weight is 560 g/mol. The molecule has 2 N–H and O–H groups in total. The highest BCUT2D eigenvalue weighted by atomic mass is 32.1. The highest BCUT2D eigenvalue weighted by Gasteiger charge is 2.31. The predicted octanol–water partition coefficient (Wildman–Crippen LogP) is 5.07. The summed E-state index contributed by atoms with van der Waals surface area (Å²) in [6, 6.07) is 8.46. The molecule has 0 bridgehead atoms. The fraction of sp³-hybridized carbons (Fsp3) is 0.345. The molecule has 3 aromatic heterocycles. The van der Waals surface area contributed by atoms with Crippen LogP contribution in [0.5, 0.6) is 0 Å². The Morgan fingerprint density at radius 1 is 1.10 bits per heavy atom. The van der Waals surface area contributed by atoms with E-state index < -0.39 is 5.82 Å². The number of aryl methyl sites for hydroxylation is 1. The van der Waals surface area contributed by atoms with E-state index in [-0.39, 0.29) is 17.5 Å². The van der Waals surface area contributed by atoms with Gasteiger partial charge in [0.1, 0.15) is 5.69 Å². The molecule has 0 unspecified atom stereocenters. The Morgan fingerprint density at radius 3 is 2.70 bits per heavy atom. The Bertz CT molecular complexity index is 1560. The van der Waals surface area contributed by atoms with Crippen LogP contribution in [-0.2, 0) is 22.4 Å². The van der Waals surface area contributed by atoms with Crippen LogP contribution in [0.25, 0.3) is 27.5 Å². The van der Waals surface area contributed by atoms with E-state index in [0.29, 0.717) is 43.0 Å². The minimum atomic E-state index is -0.503. The molecule has 4 aromatic rings. The van der Waals surface area contributed by atoms with Gasteiger partial charge in [-0.25, -0.2) is 14.1 Å². The number of benzene rings is 1. The van der Waals surface area contributed by atoms with Crippen molar-refractivity contribution in [3.8, 4) is 27.5 Å². The molecule has 206 valence electrons. The molecule has 0 spiro atoms. The van der Waals surface area contributed by atoms with Crippen LogP contribution < -0.4 is 10.6 Å². The fourth-order valence-corrected chi connectivity index (χ4v) is 6.37. The molecule has 1 saturated heterocycles. The first kappa shape index (κ1) is 26.3. The molecule has 0 radical (unpaired) electrons. The zero-order valence-electron chi connectivity index (χ0n) is 22.2. The van der Waals surface area contributed by atoms with Crippen LogP contribution in [0.2, 0.25) is 0 Å². The lowest BCUT2D eigenvalue weighted by Gasteiger charge is -2.15. The molecular weight excluding hydrogens is 529 g/mol. The zero-order chi connectivity index (χ0) is 27.6. The summed E-state index contributed by atoms with van der Waals surface area (Å²) in [4.78, 5) is 36.6. The minimum Gasteiger partial charge on any atom is -0.326 e. The van der Waals surface area contributed by atoms with Crippen molar-refractivity contribution < 1.29 is 14.0 Å². The van der Waals surface area contributed by atoms with Crippen LogP contribution in [0.4, 0.5) is 15.2 Å². The van der Waals surface area contributed by atoms with Crippen LogP contribution in [0.1, 0.15) is 43.9 Å². The lowest BCUT2D eigenvalue weighted by molar-refractivity contribution is -0.117. The molecular formula is C29H30FN7O2S. The van der Waals surface area contributed by atoms with Gasteiger partial charge in [0, 0.05) is 48.6 Å². The van der Waals surface area contributed by atoms with Gasteiger partial charge in [0.25, 0.3) is 0 Å². The molecule has 40 heavy (non-hydrogen) atoms. The number of anilines is 2. The molecule has 2 amide bonds. The second kappa shape index (κ2) is 11.3. The van der Waals surface area contributed by atoms with E-state index in [1.165, 1.54) is 30.2 Å². The van der Waals surface area contributed by atoms with Gasteiger partial charge in [-0.05, 0) is 69.1 Å². The van der Waals surface area contributed by atoms with Crippen molar-refractivity contribution in [3.05, 3.63) is 59.8 Å². The van der Waals surface area contributed by atoms with Gasteiger partial charge in [-0.2, -0.15) is 5.10 Å². The molecule has 6 rings (SSSR count). The van der Waals surface area contributed by atoms with Crippen LogP contribution in [0.3, 0.4) is 0 Å². The van der Waals surface area contributed by atoms with Gasteiger partial charge < -0.3 is 15.5 Å². The van der Waals surface area contributed by atoms with Crippen molar-refractivity contribution in [2.75, 3.05) is 30.3 Å². The quantitative estimate of drug-likeness (QED) is 0.312. The normalized spacial score (nSPS) is 14.6. The summed E-state index contributed by atoms with van der Waals surface area (Å²) >= 11 is 1.37. The first-order valence-electron chi connectivity index (χ1n) is 13.6. The summed E-state index contributed by atoms with van der Waals surface area (Å²) < 4.78 is 17.3. The maximum atomic E-state index is 15.7. The molecule has 0 atom stereocenters. The second-order valence-corrected chi connectivity index (χ2v) is 11.0. The third-order valence-electron chi connectivity index (χ3n) is 7.32. The summed E-state index contributed by atoms with van der Waals surface area (Å²) in [5.41, 5.74) is 4.84. The largest absolute Gasteiger partial charge is 0.326 e. The Balaban J connectivity index is 1.34. The number of hydrogen-bond donors (Lipinski definition) is 2. The first-order chi connectivity index (χ1) is 19.5. The lowest BCUT2D eigenvalue weighted by atomic mass is 9.95. The number of halogens is 1. The third-order valence-corrected chi connectivity index (χ3v) is 8.34. The standard InChI is InChI=1S/C29H30FN7O2S/c1-2-24(38)34-29-33-22-9-8-20-26(18-6-5-12-31-17-18)35-37(27(20)28(22)40-29)23-10-7-19(16-21(23)30)32-25(39)11-15-36-13-3-4-14-36/h5-7,10,12,16-17H,2-4,8-9,11,13-15H2,1H3,(H,32,39)(H,33,34,38). The van der Waals surface area contributed by atoms with E-state index in [1.807, 2.05) is 12.1 Å². The van der Waals surface area contributed by atoms with Crippen molar-refractivity contribution in [1.29, 1.82) is 0 Å². The Hall–Kier alpha value is -3.96. The number of nitrogens with one attached hydrogen (secondary N) is 2. The van der Waals surface area contributed by atoms with Gasteiger partial charge in [0.2, 0.25) is 11.8 Å². The summed E-state index contributed by atoms with van der Waals surface area (Å²) in [7, 11) is 0. The number of rotatable bonds is 8. The minimum absolute atomic E-state index is 0.111. The number of likely N-dealkylation sites (tertiary alicyclic amines) is 1. The Kier molecular flexibility index (Phi) is 7.40. The van der Waals surface area contributed by atoms with Crippen LogP contribution in [0.15, 0.2) is 42.7 Å². The summed E-state index contributed by atoms with van der Waals surface area (Å²) in [6.45, 7) is 4.55. The lowest BCUT2D eigenvalue weighted by Crippen LogP contribution is -2.25. The number of amides is 2. The zero-order valence-corrected chi connectivity index (χ0v) is 23.1. The molecule has 1 aliphatic heterocycles. The van der Waals surface area contributed by atoms with Crippen LogP contribution >= 0.6 is 11.3 Å². The predicted molar refractivity (Wildman–Crippen MR) is 153 cm³/mol. The first-order valence-corrected chi connectivity index (χ1v) is 14.5. The molecule has 0 saturated carbocycles. The monoisotopic (exact) mass is 559 g/mol. The van der Waals surface area contributed by atoms with Crippen molar-refractivity contribution in [1.82, 2.24) is 24.6 Å². The number of carbonyl (C=O) groups is 2. The summed E-state index contributed by atoms with van der Waals surface area (Å²) in [5, 5.41) is 11.1.